The maximum Gasteiger partial charge on any atom is 0.124 e. The van der Waals surface area contributed by atoms with E-state index in [9.17, 15) is 0 Å². The Morgan fingerprint density at radius 3 is 2.78 bits per heavy atom. The molecule has 1 saturated carbocycles. The predicted octanol–water partition coefficient (Wildman–Crippen LogP) is 3.53. The molecule has 0 amide bonds. The summed E-state index contributed by atoms with van der Waals surface area (Å²) in [6.07, 6.45) is 4.21. The Balaban J connectivity index is 1.77. The van der Waals surface area contributed by atoms with Crippen LogP contribution in [0.15, 0.2) is 24.3 Å². The Morgan fingerprint density at radius 2 is 2.06 bits per heavy atom. The summed E-state index contributed by atoms with van der Waals surface area (Å²) >= 11 is 0. The third-order valence-electron chi connectivity index (χ3n) is 4.62. The van der Waals surface area contributed by atoms with Crippen molar-refractivity contribution in [3.05, 3.63) is 29.8 Å². The zero-order valence-corrected chi connectivity index (χ0v) is 11.4. The molecule has 0 bridgehead atoms. The summed E-state index contributed by atoms with van der Waals surface area (Å²) in [6.45, 7) is 5.45. The van der Waals surface area contributed by atoms with Crippen molar-refractivity contribution in [2.24, 2.45) is 11.8 Å². The molecule has 1 aliphatic heterocycles. The fourth-order valence-electron chi connectivity index (χ4n) is 3.11. The third-order valence-corrected chi connectivity index (χ3v) is 4.62. The van der Waals surface area contributed by atoms with Gasteiger partial charge in [-0.05, 0) is 31.7 Å². The van der Waals surface area contributed by atoms with Gasteiger partial charge in [-0.2, -0.15) is 0 Å². The van der Waals surface area contributed by atoms with Gasteiger partial charge in [-0.1, -0.05) is 31.5 Å². The van der Waals surface area contributed by atoms with E-state index in [1.165, 1.54) is 24.8 Å². The zero-order valence-electron chi connectivity index (χ0n) is 11.4. The fourth-order valence-corrected chi connectivity index (χ4v) is 3.11. The lowest BCUT2D eigenvalue weighted by Crippen LogP contribution is -2.43. The van der Waals surface area contributed by atoms with Crippen molar-refractivity contribution in [1.29, 1.82) is 0 Å². The van der Waals surface area contributed by atoms with Gasteiger partial charge in [0.1, 0.15) is 5.75 Å². The molecule has 1 N–H and O–H groups in total. The molecule has 2 heteroatoms. The zero-order chi connectivity index (χ0) is 12.5. The first-order valence-electron chi connectivity index (χ1n) is 7.23. The average molecular weight is 245 g/mol. The molecule has 1 fully saturated rings. The summed E-state index contributed by atoms with van der Waals surface area (Å²) in [5, 5.41) is 3.85. The minimum absolute atomic E-state index is 0.450. The molecule has 1 heterocycles. The van der Waals surface area contributed by atoms with Gasteiger partial charge in [0.05, 0.1) is 6.61 Å². The number of hydrogen-bond acceptors (Lipinski definition) is 2. The molecule has 0 radical (unpaired) electrons. The van der Waals surface area contributed by atoms with Gasteiger partial charge in [0.2, 0.25) is 0 Å². The molecule has 0 aromatic heterocycles. The highest BCUT2D eigenvalue weighted by atomic mass is 16.5. The minimum Gasteiger partial charge on any atom is -0.493 e. The monoisotopic (exact) mass is 245 g/mol. The van der Waals surface area contributed by atoms with Crippen LogP contribution in [0.2, 0.25) is 0 Å². The molecule has 3 atom stereocenters. The second-order valence-electron chi connectivity index (χ2n) is 5.95. The maximum atomic E-state index is 5.81. The van der Waals surface area contributed by atoms with Crippen LogP contribution in [0.3, 0.4) is 0 Å². The lowest BCUT2D eigenvalue weighted by molar-refractivity contribution is 0.155. The summed E-state index contributed by atoms with van der Waals surface area (Å²) in [5.74, 6) is 2.49. The number of para-hydroxylation sites is 1. The van der Waals surface area contributed by atoms with Crippen molar-refractivity contribution < 1.29 is 4.74 Å². The van der Waals surface area contributed by atoms with E-state index < -0.39 is 0 Å². The summed E-state index contributed by atoms with van der Waals surface area (Å²) in [6, 6.07) is 9.53. The first kappa shape index (κ1) is 12.0. The van der Waals surface area contributed by atoms with Crippen molar-refractivity contribution in [3.63, 3.8) is 0 Å². The van der Waals surface area contributed by atoms with Gasteiger partial charge in [0.25, 0.3) is 0 Å². The number of benzene rings is 1. The molecular weight excluding hydrogens is 222 g/mol. The molecule has 3 unspecified atom stereocenters. The van der Waals surface area contributed by atoms with Crippen LogP contribution < -0.4 is 10.1 Å². The second kappa shape index (κ2) is 4.93. The molecule has 1 aliphatic carbocycles. The van der Waals surface area contributed by atoms with Crippen LogP contribution in [0.1, 0.15) is 44.7 Å². The van der Waals surface area contributed by atoms with Gasteiger partial charge in [-0.25, -0.2) is 0 Å². The predicted molar refractivity (Wildman–Crippen MR) is 73.8 cm³/mol. The highest BCUT2D eigenvalue weighted by Crippen LogP contribution is 2.37. The molecular formula is C16H23NO. The van der Waals surface area contributed by atoms with Gasteiger partial charge in [0, 0.05) is 23.6 Å². The summed E-state index contributed by atoms with van der Waals surface area (Å²) in [7, 11) is 0. The van der Waals surface area contributed by atoms with Gasteiger partial charge >= 0.3 is 0 Å². The number of nitrogens with one attached hydrogen (secondary N) is 1. The number of fused-ring (bicyclic) bond motifs is 1. The maximum absolute atomic E-state index is 5.81. The Bertz CT molecular complexity index is 413. The van der Waals surface area contributed by atoms with Crippen LogP contribution in [0.25, 0.3) is 0 Å². The number of hydrogen-bond donors (Lipinski definition) is 1. The molecule has 98 valence electrons. The molecule has 18 heavy (non-hydrogen) atoms. The van der Waals surface area contributed by atoms with E-state index in [0.29, 0.717) is 18.0 Å². The van der Waals surface area contributed by atoms with E-state index >= 15 is 0 Å². The normalized spacial score (nSPS) is 29.0. The van der Waals surface area contributed by atoms with Gasteiger partial charge in [-0.3, -0.25) is 0 Å². The van der Waals surface area contributed by atoms with Crippen LogP contribution in [-0.4, -0.2) is 12.6 Å². The Morgan fingerprint density at radius 1 is 1.28 bits per heavy atom. The Hall–Kier alpha value is -1.02. The summed E-state index contributed by atoms with van der Waals surface area (Å²) in [5.41, 5.74) is 1.34. The van der Waals surface area contributed by atoms with Crippen molar-refractivity contribution in [2.45, 2.75) is 45.2 Å². The highest BCUT2D eigenvalue weighted by molar-refractivity contribution is 5.38. The average Bonchev–Trinajstić information content (AvgIpc) is 2.31. The van der Waals surface area contributed by atoms with Crippen molar-refractivity contribution in [2.75, 3.05) is 6.61 Å². The molecule has 2 nitrogen and oxygen atoms in total. The fraction of sp³-hybridized carbons (Fsp3) is 0.625. The largest absolute Gasteiger partial charge is 0.493 e. The minimum atomic E-state index is 0.450. The highest BCUT2D eigenvalue weighted by Gasteiger charge is 2.31. The van der Waals surface area contributed by atoms with E-state index in [2.05, 4.69) is 43.4 Å². The van der Waals surface area contributed by atoms with Crippen LogP contribution in [-0.2, 0) is 0 Å². The molecule has 2 aliphatic rings. The Labute approximate surface area is 110 Å². The SMILES string of the molecule is CC1COc2ccccc2C1NC(C)C1CCC1. The van der Waals surface area contributed by atoms with Crippen LogP contribution in [0, 0.1) is 11.8 Å². The lowest BCUT2D eigenvalue weighted by atomic mass is 9.79. The van der Waals surface area contributed by atoms with Crippen molar-refractivity contribution in [1.82, 2.24) is 5.32 Å². The third kappa shape index (κ3) is 2.14. The van der Waals surface area contributed by atoms with Gasteiger partial charge in [0.15, 0.2) is 0 Å². The van der Waals surface area contributed by atoms with E-state index in [4.69, 9.17) is 4.74 Å². The molecule has 0 saturated heterocycles. The van der Waals surface area contributed by atoms with Gasteiger partial charge < -0.3 is 10.1 Å². The van der Waals surface area contributed by atoms with Crippen molar-refractivity contribution >= 4 is 0 Å². The summed E-state index contributed by atoms with van der Waals surface area (Å²) < 4.78 is 5.81. The van der Waals surface area contributed by atoms with E-state index in [0.717, 1.165) is 18.3 Å². The quantitative estimate of drug-likeness (QED) is 0.879. The summed E-state index contributed by atoms with van der Waals surface area (Å²) in [4.78, 5) is 0. The first-order chi connectivity index (χ1) is 8.75. The Kier molecular flexibility index (Phi) is 3.29. The van der Waals surface area contributed by atoms with Crippen molar-refractivity contribution in [3.8, 4) is 5.75 Å². The van der Waals surface area contributed by atoms with Crippen LogP contribution in [0.4, 0.5) is 0 Å². The van der Waals surface area contributed by atoms with E-state index in [1.807, 2.05) is 0 Å². The second-order valence-corrected chi connectivity index (χ2v) is 5.95. The topological polar surface area (TPSA) is 21.3 Å². The number of rotatable bonds is 3. The van der Waals surface area contributed by atoms with E-state index in [1.54, 1.807) is 0 Å². The lowest BCUT2D eigenvalue weighted by Gasteiger charge is -2.39. The number of ether oxygens (including phenoxy) is 1. The van der Waals surface area contributed by atoms with Gasteiger partial charge in [-0.15, -0.1) is 0 Å². The molecule has 0 spiro atoms. The molecule has 3 rings (SSSR count). The van der Waals surface area contributed by atoms with Crippen LogP contribution in [0.5, 0.6) is 5.75 Å². The molecule has 1 aromatic rings. The smallest absolute Gasteiger partial charge is 0.124 e. The molecule has 1 aromatic carbocycles. The van der Waals surface area contributed by atoms with E-state index in [-0.39, 0.29) is 0 Å². The standard InChI is InChI=1S/C16H23NO/c1-11-10-18-15-9-4-3-8-14(15)16(11)17-12(2)13-6-5-7-13/h3-4,8-9,11-13,16-17H,5-7,10H2,1-2H3. The first-order valence-corrected chi connectivity index (χ1v) is 7.23. The van der Waals surface area contributed by atoms with Crippen LogP contribution >= 0.6 is 0 Å².